The maximum Gasteiger partial charge on any atom is 0.307 e. The average molecular weight is 251 g/mol. The molecule has 2 rings (SSSR count). The molecule has 4 nitrogen and oxygen atoms in total. The van der Waals surface area contributed by atoms with Gasteiger partial charge in [-0.1, -0.05) is 23.7 Å². The van der Waals surface area contributed by atoms with Crippen molar-refractivity contribution in [2.45, 2.75) is 13.5 Å². The highest BCUT2D eigenvalue weighted by molar-refractivity contribution is 6.30. The monoisotopic (exact) mass is 250 g/mol. The Balaban J connectivity index is 1.94. The van der Waals surface area contributed by atoms with Crippen LogP contribution in [0.25, 0.3) is 0 Å². The van der Waals surface area contributed by atoms with E-state index in [1.807, 2.05) is 12.1 Å². The van der Waals surface area contributed by atoms with Gasteiger partial charge in [0.25, 0.3) is 5.89 Å². The fraction of sp³-hybridized carbons (Fsp3) is 0.167. The van der Waals surface area contributed by atoms with E-state index >= 15 is 0 Å². The Hall–Kier alpha value is -1.81. The summed E-state index contributed by atoms with van der Waals surface area (Å²) in [4.78, 5) is 15.4. The van der Waals surface area contributed by atoms with Crippen LogP contribution in [0.3, 0.4) is 0 Å². The summed E-state index contributed by atoms with van der Waals surface area (Å²) in [7, 11) is 0. The number of rotatable bonds is 3. The molecule has 1 amide bonds. The molecular weight excluding hydrogens is 240 g/mol. The van der Waals surface area contributed by atoms with E-state index in [2.05, 4.69) is 10.3 Å². The third kappa shape index (κ3) is 3.07. The molecule has 1 heterocycles. The van der Waals surface area contributed by atoms with Gasteiger partial charge in [-0.25, -0.2) is 4.98 Å². The Labute approximate surface area is 104 Å². The van der Waals surface area contributed by atoms with Crippen molar-refractivity contribution in [1.82, 2.24) is 10.3 Å². The standard InChI is InChI=1S/C12H11ClN2O2/c1-8-6-15-12(17-8)11(16)14-7-9-2-4-10(13)5-3-9/h2-6H,7H2,1H3,(H,14,16). The molecule has 1 aromatic carbocycles. The summed E-state index contributed by atoms with van der Waals surface area (Å²) in [6, 6.07) is 7.25. The average Bonchev–Trinajstić information content (AvgIpc) is 2.75. The topological polar surface area (TPSA) is 55.1 Å². The minimum absolute atomic E-state index is 0.0801. The molecule has 1 N–H and O–H groups in total. The van der Waals surface area contributed by atoms with Crippen molar-refractivity contribution < 1.29 is 9.21 Å². The van der Waals surface area contributed by atoms with Gasteiger partial charge in [-0.05, 0) is 24.6 Å². The Morgan fingerprint density at radius 2 is 2.12 bits per heavy atom. The molecule has 0 spiro atoms. The Kier molecular flexibility index (Phi) is 3.44. The Morgan fingerprint density at radius 1 is 1.41 bits per heavy atom. The molecule has 0 unspecified atom stereocenters. The highest BCUT2D eigenvalue weighted by Crippen LogP contribution is 2.09. The molecule has 0 fully saturated rings. The third-order valence-electron chi connectivity index (χ3n) is 2.18. The summed E-state index contributed by atoms with van der Waals surface area (Å²) in [6.07, 6.45) is 1.51. The van der Waals surface area contributed by atoms with E-state index in [9.17, 15) is 4.79 Å². The maximum atomic E-state index is 11.6. The van der Waals surface area contributed by atoms with E-state index in [-0.39, 0.29) is 11.8 Å². The lowest BCUT2D eigenvalue weighted by molar-refractivity contribution is 0.0915. The smallest absolute Gasteiger partial charge is 0.307 e. The minimum atomic E-state index is -0.326. The number of amides is 1. The van der Waals surface area contributed by atoms with Crippen molar-refractivity contribution in [3.63, 3.8) is 0 Å². The summed E-state index contributed by atoms with van der Waals surface area (Å²) >= 11 is 5.76. The van der Waals surface area contributed by atoms with Gasteiger partial charge in [-0.3, -0.25) is 4.79 Å². The van der Waals surface area contributed by atoms with Crippen molar-refractivity contribution in [3.05, 3.63) is 52.7 Å². The van der Waals surface area contributed by atoms with Crippen LogP contribution in [-0.2, 0) is 6.54 Å². The maximum absolute atomic E-state index is 11.6. The largest absolute Gasteiger partial charge is 0.438 e. The number of carbonyl (C=O) groups is 1. The van der Waals surface area contributed by atoms with Crippen LogP contribution in [0.15, 0.2) is 34.9 Å². The number of nitrogens with one attached hydrogen (secondary N) is 1. The first-order valence-electron chi connectivity index (χ1n) is 5.10. The predicted molar refractivity (Wildman–Crippen MR) is 63.9 cm³/mol. The molecule has 2 aromatic rings. The first-order chi connectivity index (χ1) is 8.15. The highest BCUT2D eigenvalue weighted by atomic mass is 35.5. The van der Waals surface area contributed by atoms with Gasteiger partial charge in [0.15, 0.2) is 0 Å². The lowest BCUT2D eigenvalue weighted by Gasteiger charge is -2.02. The number of aryl methyl sites for hydroxylation is 1. The van der Waals surface area contributed by atoms with Gasteiger partial charge >= 0.3 is 5.91 Å². The quantitative estimate of drug-likeness (QED) is 0.911. The van der Waals surface area contributed by atoms with Crippen LogP contribution >= 0.6 is 11.6 Å². The summed E-state index contributed by atoms with van der Waals surface area (Å²) in [5.41, 5.74) is 0.964. The fourth-order valence-electron chi connectivity index (χ4n) is 1.32. The third-order valence-corrected chi connectivity index (χ3v) is 2.43. The predicted octanol–water partition coefficient (Wildman–Crippen LogP) is 2.57. The van der Waals surface area contributed by atoms with Gasteiger partial charge < -0.3 is 9.73 Å². The molecule has 5 heteroatoms. The number of hydrogen-bond acceptors (Lipinski definition) is 3. The second kappa shape index (κ2) is 5.01. The number of carbonyl (C=O) groups excluding carboxylic acids is 1. The molecule has 0 atom stereocenters. The molecule has 17 heavy (non-hydrogen) atoms. The summed E-state index contributed by atoms with van der Waals surface area (Å²) in [6.45, 7) is 2.15. The van der Waals surface area contributed by atoms with E-state index in [1.165, 1.54) is 6.20 Å². The number of halogens is 1. The lowest BCUT2D eigenvalue weighted by Crippen LogP contribution is -2.22. The molecule has 0 aliphatic carbocycles. The van der Waals surface area contributed by atoms with Crippen molar-refractivity contribution in [1.29, 1.82) is 0 Å². The van der Waals surface area contributed by atoms with Crippen LogP contribution in [0, 0.1) is 6.92 Å². The van der Waals surface area contributed by atoms with Gasteiger partial charge in [-0.15, -0.1) is 0 Å². The van der Waals surface area contributed by atoms with Gasteiger partial charge in [-0.2, -0.15) is 0 Å². The number of benzene rings is 1. The molecule has 0 aliphatic heterocycles. The Morgan fingerprint density at radius 3 is 2.71 bits per heavy atom. The van der Waals surface area contributed by atoms with Crippen molar-refractivity contribution in [2.24, 2.45) is 0 Å². The molecule has 88 valence electrons. The van der Waals surface area contributed by atoms with Crippen LogP contribution in [0.2, 0.25) is 5.02 Å². The van der Waals surface area contributed by atoms with E-state index in [1.54, 1.807) is 19.1 Å². The number of hydrogen-bond donors (Lipinski definition) is 1. The normalized spacial score (nSPS) is 10.2. The van der Waals surface area contributed by atoms with Crippen molar-refractivity contribution >= 4 is 17.5 Å². The van der Waals surface area contributed by atoms with Crippen LogP contribution in [0.4, 0.5) is 0 Å². The van der Waals surface area contributed by atoms with Crippen molar-refractivity contribution in [3.8, 4) is 0 Å². The minimum Gasteiger partial charge on any atom is -0.438 e. The molecule has 0 aliphatic rings. The van der Waals surface area contributed by atoms with Gasteiger partial charge in [0.2, 0.25) is 0 Å². The second-order valence-electron chi connectivity index (χ2n) is 3.59. The first-order valence-corrected chi connectivity index (χ1v) is 5.48. The van der Waals surface area contributed by atoms with Crippen molar-refractivity contribution in [2.75, 3.05) is 0 Å². The zero-order valence-corrected chi connectivity index (χ0v) is 9.99. The van der Waals surface area contributed by atoms with Gasteiger partial charge in [0.05, 0.1) is 6.20 Å². The van der Waals surface area contributed by atoms with E-state index in [0.717, 1.165) is 5.56 Å². The lowest BCUT2D eigenvalue weighted by atomic mass is 10.2. The van der Waals surface area contributed by atoms with Gasteiger partial charge in [0.1, 0.15) is 5.76 Å². The highest BCUT2D eigenvalue weighted by Gasteiger charge is 2.10. The molecule has 0 bridgehead atoms. The summed E-state index contributed by atoms with van der Waals surface area (Å²) in [5.74, 6) is 0.367. The number of aromatic nitrogens is 1. The second-order valence-corrected chi connectivity index (χ2v) is 4.02. The zero-order valence-electron chi connectivity index (χ0n) is 9.24. The number of oxazole rings is 1. The first kappa shape index (κ1) is 11.7. The molecule has 1 aromatic heterocycles. The number of nitrogens with zero attached hydrogens (tertiary/aromatic N) is 1. The van der Waals surface area contributed by atoms with E-state index in [0.29, 0.717) is 17.3 Å². The Bertz CT molecular complexity index is 520. The van der Waals surface area contributed by atoms with Gasteiger partial charge in [0, 0.05) is 11.6 Å². The van der Waals surface area contributed by atoms with E-state index in [4.69, 9.17) is 16.0 Å². The zero-order chi connectivity index (χ0) is 12.3. The fourth-order valence-corrected chi connectivity index (χ4v) is 1.45. The molecule has 0 saturated heterocycles. The molecule has 0 saturated carbocycles. The van der Waals surface area contributed by atoms with Crippen LogP contribution in [0.5, 0.6) is 0 Å². The molecular formula is C12H11ClN2O2. The molecule has 0 radical (unpaired) electrons. The summed E-state index contributed by atoms with van der Waals surface area (Å²) < 4.78 is 5.11. The summed E-state index contributed by atoms with van der Waals surface area (Å²) in [5, 5.41) is 3.38. The van der Waals surface area contributed by atoms with E-state index < -0.39 is 0 Å². The van der Waals surface area contributed by atoms with Crippen LogP contribution in [-0.4, -0.2) is 10.9 Å². The van der Waals surface area contributed by atoms with Crippen LogP contribution in [0.1, 0.15) is 22.0 Å². The SMILES string of the molecule is Cc1cnc(C(=O)NCc2ccc(Cl)cc2)o1. The van der Waals surface area contributed by atoms with Crippen LogP contribution < -0.4 is 5.32 Å².